The Labute approximate surface area is 72.5 Å². The third-order valence-electron chi connectivity index (χ3n) is 2.73. The number of ether oxygens (including phenoxy) is 1. The number of morpholine rings is 1. The molecule has 11 heavy (non-hydrogen) atoms. The number of fused-ring (bicyclic) bond motifs is 2. The highest BCUT2D eigenvalue weighted by Gasteiger charge is 2.36. The second kappa shape index (κ2) is 3.30. The first-order valence-electron chi connectivity index (χ1n) is 4.31. The number of rotatable bonds is 2. The van der Waals surface area contributed by atoms with E-state index in [-0.39, 0.29) is 0 Å². The van der Waals surface area contributed by atoms with Gasteiger partial charge < -0.3 is 4.74 Å². The number of alkyl halides is 1. The van der Waals surface area contributed by atoms with Gasteiger partial charge in [0.05, 0.1) is 13.2 Å². The predicted octanol–water partition coefficient (Wildman–Crippen LogP) is 1.09. The van der Waals surface area contributed by atoms with Crippen molar-refractivity contribution in [3.8, 4) is 0 Å². The maximum absolute atomic E-state index is 5.71. The summed E-state index contributed by atoms with van der Waals surface area (Å²) in [7, 11) is 0. The summed E-state index contributed by atoms with van der Waals surface area (Å²) in [6.45, 7) is 2.89. The van der Waals surface area contributed by atoms with Crippen LogP contribution in [0.1, 0.15) is 12.8 Å². The highest BCUT2D eigenvalue weighted by atomic mass is 35.5. The molecule has 2 fully saturated rings. The van der Waals surface area contributed by atoms with E-state index in [0.29, 0.717) is 12.1 Å². The minimum atomic E-state index is 0.674. The summed E-state index contributed by atoms with van der Waals surface area (Å²) in [4.78, 5) is 2.51. The van der Waals surface area contributed by atoms with E-state index < -0.39 is 0 Å². The molecule has 2 nitrogen and oxygen atoms in total. The highest BCUT2D eigenvalue weighted by Crippen LogP contribution is 2.27. The van der Waals surface area contributed by atoms with Crippen molar-refractivity contribution in [2.45, 2.75) is 24.9 Å². The minimum Gasteiger partial charge on any atom is -0.378 e. The zero-order chi connectivity index (χ0) is 7.68. The normalized spacial score (nSPS) is 37.9. The van der Waals surface area contributed by atoms with Gasteiger partial charge in [-0.2, -0.15) is 0 Å². The number of halogens is 1. The largest absolute Gasteiger partial charge is 0.378 e. The molecule has 2 aliphatic heterocycles. The lowest BCUT2D eigenvalue weighted by atomic mass is 10.2. The van der Waals surface area contributed by atoms with E-state index in [9.17, 15) is 0 Å². The van der Waals surface area contributed by atoms with Gasteiger partial charge in [-0.05, 0) is 12.8 Å². The third kappa shape index (κ3) is 1.40. The van der Waals surface area contributed by atoms with Gasteiger partial charge in [0.2, 0.25) is 0 Å². The lowest BCUT2D eigenvalue weighted by Crippen LogP contribution is -2.46. The van der Waals surface area contributed by atoms with Crippen LogP contribution in [0.4, 0.5) is 0 Å². The Hall–Kier alpha value is 0.210. The lowest BCUT2D eigenvalue weighted by molar-refractivity contribution is -0.0112. The zero-order valence-corrected chi connectivity index (χ0v) is 7.39. The molecule has 2 heterocycles. The molecule has 0 aliphatic carbocycles. The Bertz CT molecular complexity index is 126. The fourth-order valence-electron chi connectivity index (χ4n) is 2.18. The molecule has 0 amide bonds. The van der Waals surface area contributed by atoms with Crippen molar-refractivity contribution < 1.29 is 4.74 Å². The van der Waals surface area contributed by atoms with Gasteiger partial charge in [0.1, 0.15) is 0 Å². The third-order valence-corrected chi connectivity index (χ3v) is 2.90. The number of hydrogen-bond acceptors (Lipinski definition) is 2. The van der Waals surface area contributed by atoms with Gasteiger partial charge in [0.15, 0.2) is 0 Å². The summed E-state index contributed by atoms with van der Waals surface area (Å²) >= 11 is 5.71. The molecule has 0 aromatic carbocycles. The highest BCUT2D eigenvalue weighted by molar-refractivity contribution is 6.18. The van der Waals surface area contributed by atoms with Crippen molar-refractivity contribution in [1.82, 2.24) is 4.90 Å². The van der Waals surface area contributed by atoms with E-state index in [4.69, 9.17) is 16.3 Å². The van der Waals surface area contributed by atoms with Crippen molar-refractivity contribution in [1.29, 1.82) is 0 Å². The Kier molecular flexibility index (Phi) is 2.35. The molecule has 0 saturated carbocycles. The summed E-state index contributed by atoms with van der Waals surface area (Å²) < 4.78 is 5.45. The molecule has 2 rings (SSSR count). The topological polar surface area (TPSA) is 12.5 Å². The molecular weight excluding hydrogens is 162 g/mol. The van der Waals surface area contributed by atoms with Crippen LogP contribution < -0.4 is 0 Å². The predicted molar refractivity (Wildman–Crippen MR) is 45.1 cm³/mol. The SMILES string of the molecule is ClCCN1C2CCC1COC2. The average molecular weight is 176 g/mol. The number of nitrogens with zero attached hydrogens (tertiary/aromatic N) is 1. The fourth-order valence-corrected chi connectivity index (χ4v) is 2.37. The zero-order valence-electron chi connectivity index (χ0n) is 6.63. The first-order chi connectivity index (χ1) is 5.42. The molecule has 0 aromatic rings. The number of hydrogen-bond donors (Lipinski definition) is 0. The van der Waals surface area contributed by atoms with Crippen LogP contribution in [0.5, 0.6) is 0 Å². The van der Waals surface area contributed by atoms with Crippen LogP contribution in [0, 0.1) is 0 Å². The van der Waals surface area contributed by atoms with E-state index in [0.717, 1.165) is 25.6 Å². The molecule has 64 valence electrons. The summed E-state index contributed by atoms with van der Waals surface area (Å²) in [5.74, 6) is 0.757. The van der Waals surface area contributed by atoms with Crippen LogP contribution in [-0.2, 0) is 4.74 Å². The van der Waals surface area contributed by atoms with Crippen molar-refractivity contribution in [2.75, 3.05) is 25.6 Å². The average Bonchev–Trinajstić information content (AvgIpc) is 2.30. The van der Waals surface area contributed by atoms with Crippen LogP contribution in [0.3, 0.4) is 0 Å². The van der Waals surface area contributed by atoms with Gasteiger partial charge in [0, 0.05) is 24.5 Å². The van der Waals surface area contributed by atoms with Crippen molar-refractivity contribution in [3.63, 3.8) is 0 Å². The monoisotopic (exact) mass is 175 g/mol. The van der Waals surface area contributed by atoms with Crippen LogP contribution in [0.15, 0.2) is 0 Å². The standard InChI is InChI=1S/C8H14ClNO/c9-3-4-10-7-1-2-8(10)6-11-5-7/h7-8H,1-6H2. The van der Waals surface area contributed by atoms with E-state index in [2.05, 4.69) is 4.90 Å². The summed E-state index contributed by atoms with van der Waals surface area (Å²) in [5.41, 5.74) is 0. The van der Waals surface area contributed by atoms with E-state index in [1.807, 2.05) is 0 Å². The van der Waals surface area contributed by atoms with Gasteiger partial charge in [-0.25, -0.2) is 0 Å². The molecule has 2 aliphatic rings. The molecule has 2 atom stereocenters. The molecule has 2 unspecified atom stereocenters. The summed E-state index contributed by atoms with van der Waals surface area (Å²) in [5, 5.41) is 0. The quantitative estimate of drug-likeness (QED) is 0.583. The van der Waals surface area contributed by atoms with Gasteiger partial charge >= 0.3 is 0 Å². The molecule has 3 heteroatoms. The maximum atomic E-state index is 5.71. The van der Waals surface area contributed by atoms with Gasteiger partial charge in [-0.3, -0.25) is 4.90 Å². The van der Waals surface area contributed by atoms with E-state index >= 15 is 0 Å². The van der Waals surface area contributed by atoms with Crippen molar-refractivity contribution >= 4 is 11.6 Å². The Morgan fingerprint density at radius 3 is 2.45 bits per heavy atom. The van der Waals surface area contributed by atoms with Crippen LogP contribution in [0.25, 0.3) is 0 Å². The Balaban J connectivity index is 1.97. The molecule has 0 aromatic heterocycles. The van der Waals surface area contributed by atoms with Gasteiger partial charge in [0.25, 0.3) is 0 Å². The molecule has 0 N–H and O–H groups in total. The van der Waals surface area contributed by atoms with Gasteiger partial charge in [-0.15, -0.1) is 11.6 Å². The first-order valence-corrected chi connectivity index (χ1v) is 4.84. The second-order valence-electron chi connectivity index (χ2n) is 3.35. The molecule has 2 bridgehead atoms. The van der Waals surface area contributed by atoms with Crippen LogP contribution in [0.2, 0.25) is 0 Å². The smallest absolute Gasteiger partial charge is 0.0622 e. The van der Waals surface area contributed by atoms with E-state index in [1.54, 1.807) is 0 Å². The Morgan fingerprint density at radius 2 is 1.91 bits per heavy atom. The van der Waals surface area contributed by atoms with E-state index in [1.165, 1.54) is 12.8 Å². The Morgan fingerprint density at radius 1 is 1.27 bits per heavy atom. The van der Waals surface area contributed by atoms with Crippen molar-refractivity contribution in [3.05, 3.63) is 0 Å². The molecule has 0 spiro atoms. The second-order valence-corrected chi connectivity index (χ2v) is 3.73. The van der Waals surface area contributed by atoms with Crippen molar-refractivity contribution in [2.24, 2.45) is 0 Å². The lowest BCUT2D eigenvalue weighted by Gasteiger charge is -2.33. The molecule has 0 radical (unpaired) electrons. The fraction of sp³-hybridized carbons (Fsp3) is 1.00. The maximum Gasteiger partial charge on any atom is 0.0622 e. The first kappa shape index (κ1) is 7.84. The minimum absolute atomic E-state index is 0.674. The molecule has 2 saturated heterocycles. The van der Waals surface area contributed by atoms with Crippen LogP contribution in [-0.4, -0.2) is 42.6 Å². The van der Waals surface area contributed by atoms with Crippen LogP contribution >= 0.6 is 11.6 Å². The molecular formula is C8H14ClNO. The van der Waals surface area contributed by atoms with Gasteiger partial charge in [-0.1, -0.05) is 0 Å². The summed E-state index contributed by atoms with van der Waals surface area (Å²) in [6, 6.07) is 1.35. The summed E-state index contributed by atoms with van der Waals surface area (Å²) in [6.07, 6.45) is 2.61.